The van der Waals surface area contributed by atoms with Crippen molar-refractivity contribution in [2.45, 2.75) is 13.8 Å². The van der Waals surface area contributed by atoms with E-state index in [0.717, 1.165) is 11.1 Å². The van der Waals surface area contributed by atoms with Crippen LogP contribution in [0.15, 0.2) is 0 Å². The van der Waals surface area contributed by atoms with Crippen LogP contribution in [0.4, 0.5) is 0 Å². The molecule has 0 heterocycles. The molecule has 4 nitrogen and oxygen atoms in total. The largest absolute Gasteiger partial charge is 0.496 e. The van der Waals surface area contributed by atoms with Crippen molar-refractivity contribution in [1.29, 1.82) is 0 Å². The smallest absolute Gasteiger partial charge is 0.175 e. The molecule has 0 spiro atoms. The maximum atomic E-state index is 11.1. The van der Waals surface area contributed by atoms with E-state index in [2.05, 4.69) is 0 Å². The summed E-state index contributed by atoms with van der Waals surface area (Å²) >= 11 is 0. The third-order valence-electron chi connectivity index (χ3n) is 2.67. The van der Waals surface area contributed by atoms with Gasteiger partial charge in [0.1, 0.15) is 11.3 Å². The molecule has 0 N–H and O–H groups in total. The van der Waals surface area contributed by atoms with Crippen LogP contribution < -0.4 is 14.2 Å². The summed E-state index contributed by atoms with van der Waals surface area (Å²) in [5, 5.41) is 0. The molecule has 0 atom stereocenters. The van der Waals surface area contributed by atoms with Crippen molar-refractivity contribution in [3.8, 4) is 17.2 Å². The van der Waals surface area contributed by atoms with Gasteiger partial charge in [0, 0.05) is 5.56 Å². The molecule has 1 aromatic carbocycles. The molecular weight excluding hydrogens is 208 g/mol. The topological polar surface area (TPSA) is 44.8 Å². The summed E-state index contributed by atoms with van der Waals surface area (Å²) in [4.78, 5) is 11.1. The third-order valence-corrected chi connectivity index (χ3v) is 2.67. The molecule has 0 aliphatic rings. The number of aldehydes is 1. The first-order chi connectivity index (χ1) is 7.62. The second kappa shape index (κ2) is 4.88. The van der Waals surface area contributed by atoms with Gasteiger partial charge in [-0.05, 0) is 19.4 Å². The van der Waals surface area contributed by atoms with Crippen LogP contribution in [0.1, 0.15) is 21.5 Å². The van der Waals surface area contributed by atoms with Crippen molar-refractivity contribution in [3.63, 3.8) is 0 Å². The lowest BCUT2D eigenvalue weighted by Gasteiger charge is -2.18. The van der Waals surface area contributed by atoms with E-state index in [0.29, 0.717) is 29.1 Å². The minimum atomic E-state index is 0.380. The normalized spacial score (nSPS) is 9.81. The molecule has 0 bridgehead atoms. The lowest BCUT2D eigenvalue weighted by Crippen LogP contribution is -2.03. The quantitative estimate of drug-likeness (QED) is 0.735. The van der Waals surface area contributed by atoms with Crippen LogP contribution in [0.25, 0.3) is 0 Å². The zero-order chi connectivity index (χ0) is 12.3. The molecule has 0 radical (unpaired) electrons. The summed E-state index contributed by atoms with van der Waals surface area (Å²) in [5.74, 6) is 1.52. The standard InChI is InChI=1S/C12H16O4/c1-7-8(2)11(15-4)12(16-5)9(6-13)10(7)14-3/h6H,1-5H3. The Kier molecular flexibility index (Phi) is 3.77. The maximum Gasteiger partial charge on any atom is 0.175 e. The molecule has 1 aromatic rings. The van der Waals surface area contributed by atoms with Crippen LogP contribution in [-0.4, -0.2) is 27.6 Å². The Morgan fingerprint density at radius 2 is 1.25 bits per heavy atom. The fourth-order valence-electron chi connectivity index (χ4n) is 1.76. The van der Waals surface area contributed by atoms with E-state index in [1.807, 2.05) is 13.8 Å². The maximum absolute atomic E-state index is 11.1. The summed E-state index contributed by atoms with van der Waals surface area (Å²) in [6.07, 6.45) is 0.715. The van der Waals surface area contributed by atoms with E-state index in [9.17, 15) is 4.79 Å². The van der Waals surface area contributed by atoms with E-state index < -0.39 is 0 Å². The van der Waals surface area contributed by atoms with Crippen LogP contribution in [0.2, 0.25) is 0 Å². The fraction of sp³-hybridized carbons (Fsp3) is 0.417. The van der Waals surface area contributed by atoms with Gasteiger partial charge >= 0.3 is 0 Å². The number of hydrogen-bond donors (Lipinski definition) is 0. The number of carbonyl (C=O) groups is 1. The molecular formula is C12H16O4. The molecule has 0 aliphatic carbocycles. The Morgan fingerprint density at radius 1 is 0.812 bits per heavy atom. The molecule has 0 saturated carbocycles. The zero-order valence-electron chi connectivity index (χ0n) is 10.2. The second-order valence-corrected chi connectivity index (χ2v) is 3.38. The highest BCUT2D eigenvalue weighted by atomic mass is 16.5. The van der Waals surface area contributed by atoms with Crippen molar-refractivity contribution in [3.05, 3.63) is 16.7 Å². The minimum absolute atomic E-state index is 0.380. The lowest BCUT2D eigenvalue weighted by atomic mass is 10.0. The SMILES string of the molecule is COc1c(C)c(C)c(OC)c(OC)c1C=O. The predicted molar refractivity (Wildman–Crippen MR) is 61.0 cm³/mol. The molecule has 0 saturated heterocycles. The molecule has 0 aromatic heterocycles. The first-order valence-electron chi connectivity index (χ1n) is 4.86. The molecule has 0 unspecified atom stereocenters. The molecule has 1 rings (SSSR count). The lowest BCUT2D eigenvalue weighted by molar-refractivity contribution is 0.111. The first-order valence-corrected chi connectivity index (χ1v) is 4.86. The average molecular weight is 224 g/mol. The van der Waals surface area contributed by atoms with E-state index in [4.69, 9.17) is 14.2 Å². The summed E-state index contributed by atoms with van der Waals surface area (Å²) < 4.78 is 15.7. The van der Waals surface area contributed by atoms with Gasteiger partial charge in [0.2, 0.25) is 0 Å². The van der Waals surface area contributed by atoms with E-state index in [1.165, 1.54) is 14.2 Å². The Labute approximate surface area is 95.1 Å². The van der Waals surface area contributed by atoms with Crippen molar-refractivity contribution < 1.29 is 19.0 Å². The zero-order valence-corrected chi connectivity index (χ0v) is 10.2. The summed E-state index contributed by atoms with van der Waals surface area (Å²) in [7, 11) is 4.57. The van der Waals surface area contributed by atoms with E-state index in [1.54, 1.807) is 7.11 Å². The summed E-state index contributed by atoms with van der Waals surface area (Å²) in [6.45, 7) is 3.77. The first kappa shape index (κ1) is 12.4. The highest BCUT2D eigenvalue weighted by molar-refractivity contribution is 5.87. The Morgan fingerprint density at radius 3 is 1.62 bits per heavy atom. The van der Waals surface area contributed by atoms with Gasteiger partial charge in [-0.15, -0.1) is 0 Å². The van der Waals surface area contributed by atoms with Crippen LogP contribution in [0, 0.1) is 13.8 Å². The molecule has 16 heavy (non-hydrogen) atoms. The van der Waals surface area contributed by atoms with Crippen molar-refractivity contribution >= 4 is 6.29 Å². The van der Waals surface area contributed by atoms with Gasteiger partial charge < -0.3 is 14.2 Å². The van der Waals surface area contributed by atoms with Gasteiger partial charge in [-0.25, -0.2) is 0 Å². The van der Waals surface area contributed by atoms with Gasteiger partial charge in [0.05, 0.1) is 21.3 Å². The van der Waals surface area contributed by atoms with Crippen molar-refractivity contribution in [2.24, 2.45) is 0 Å². The van der Waals surface area contributed by atoms with E-state index >= 15 is 0 Å². The van der Waals surface area contributed by atoms with Gasteiger partial charge in [-0.3, -0.25) is 4.79 Å². The summed E-state index contributed by atoms with van der Waals surface area (Å²) in [6, 6.07) is 0. The fourth-order valence-corrected chi connectivity index (χ4v) is 1.76. The van der Waals surface area contributed by atoms with Crippen molar-refractivity contribution in [2.75, 3.05) is 21.3 Å². The Hall–Kier alpha value is -1.71. The number of benzene rings is 1. The summed E-state index contributed by atoms with van der Waals surface area (Å²) in [5.41, 5.74) is 2.16. The van der Waals surface area contributed by atoms with Gasteiger partial charge in [-0.2, -0.15) is 0 Å². The molecule has 88 valence electrons. The number of ether oxygens (including phenoxy) is 3. The molecule has 0 fully saturated rings. The molecule has 4 heteroatoms. The van der Waals surface area contributed by atoms with Crippen LogP contribution in [0.3, 0.4) is 0 Å². The van der Waals surface area contributed by atoms with Gasteiger partial charge in [0.25, 0.3) is 0 Å². The number of carbonyl (C=O) groups excluding carboxylic acids is 1. The monoisotopic (exact) mass is 224 g/mol. The Balaban J connectivity index is 3.68. The molecule has 0 amide bonds. The highest BCUT2D eigenvalue weighted by Gasteiger charge is 2.21. The Bertz CT molecular complexity index is 410. The van der Waals surface area contributed by atoms with Gasteiger partial charge in [-0.1, -0.05) is 0 Å². The second-order valence-electron chi connectivity index (χ2n) is 3.38. The van der Waals surface area contributed by atoms with Crippen LogP contribution in [0.5, 0.6) is 17.2 Å². The van der Waals surface area contributed by atoms with Gasteiger partial charge in [0.15, 0.2) is 17.8 Å². The average Bonchev–Trinajstić information content (AvgIpc) is 2.31. The minimum Gasteiger partial charge on any atom is -0.496 e. The van der Waals surface area contributed by atoms with Crippen molar-refractivity contribution in [1.82, 2.24) is 0 Å². The number of methoxy groups -OCH3 is 3. The van der Waals surface area contributed by atoms with Crippen LogP contribution in [-0.2, 0) is 0 Å². The number of rotatable bonds is 4. The molecule has 0 aliphatic heterocycles. The highest BCUT2D eigenvalue weighted by Crippen LogP contribution is 2.42. The van der Waals surface area contributed by atoms with Crippen LogP contribution >= 0.6 is 0 Å². The third kappa shape index (κ3) is 1.71. The number of hydrogen-bond acceptors (Lipinski definition) is 4. The predicted octanol–water partition coefficient (Wildman–Crippen LogP) is 2.14. The van der Waals surface area contributed by atoms with E-state index in [-0.39, 0.29) is 0 Å².